The highest BCUT2D eigenvalue weighted by Gasteiger charge is 2.27. The van der Waals surface area contributed by atoms with Crippen LogP contribution in [0.25, 0.3) is 0 Å². The summed E-state index contributed by atoms with van der Waals surface area (Å²) in [5.41, 5.74) is 0. The van der Waals surface area contributed by atoms with Crippen molar-refractivity contribution in [2.24, 2.45) is 11.8 Å². The van der Waals surface area contributed by atoms with Crippen LogP contribution in [-0.2, 0) is 14.3 Å². The van der Waals surface area contributed by atoms with Gasteiger partial charge in [-0.15, -0.1) is 0 Å². The first kappa shape index (κ1) is 17.7. The average molecular weight is 312 g/mol. The number of rotatable bonds is 11. The molecule has 2 aliphatic rings. The number of ether oxygens (including phenoxy) is 2. The minimum Gasteiger partial charge on any atom is -0.481 e. The van der Waals surface area contributed by atoms with E-state index >= 15 is 0 Å². The molecule has 2 fully saturated rings. The molecule has 2 atom stereocenters. The predicted octanol–water partition coefficient (Wildman–Crippen LogP) is 4.02. The van der Waals surface area contributed by atoms with E-state index in [1.807, 2.05) is 0 Å². The molecule has 1 heterocycles. The molecule has 1 N–H and O–H groups in total. The van der Waals surface area contributed by atoms with Gasteiger partial charge in [-0.25, -0.2) is 0 Å². The van der Waals surface area contributed by atoms with Crippen molar-refractivity contribution in [2.75, 3.05) is 19.8 Å². The third-order valence-electron chi connectivity index (χ3n) is 5.19. The molecule has 0 aromatic heterocycles. The zero-order chi connectivity index (χ0) is 15.6. The van der Waals surface area contributed by atoms with Gasteiger partial charge >= 0.3 is 5.97 Å². The Labute approximate surface area is 134 Å². The van der Waals surface area contributed by atoms with E-state index in [4.69, 9.17) is 14.6 Å². The topological polar surface area (TPSA) is 55.8 Å². The van der Waals surface area contributed by atoms with Crippen molar-refractivity contribution < 1.29 is 19.4 Å². The largest absolute Gasteiger partial charge is 0.481 e. The Balaban J connectivity index is 1.50. The van der Waals surface area contributed by atoms with Crippen molar-refractivity contribution in [1.82, 2.24) is 0 Å². The summed E-state index contributed by atoms with van der Waals surface area (Å²) in [4.78, 5) is 10.5. The number of hydrogen-bond acceptors (Lipinski definition) is 3. The molecule has 22 heavy (non-hydrogen) atoms. The Morgan fingerprint density at radius 1 is 1.00 bits per heavy atom. The van der Waals surface area contributed by atoms with E-state index in [-0.39, 0.29) is 0 Å². The number of unbranched alkanes of at least 4 members (excludes halogenated alkanes) is 3. The predicted molar refractivity (Wildman–Crippen MR) is 86.0 cm³/mol. The van der Waals surface area contributed by atoms with Crippen LogP contribution in [0.15, 0.2) is 0 Å². The third kappa shape index (κ3) is 6.66. The van der Waals surface area contributed by atoms with E-state index in [0.29, 0.717) is 24.4 Å². The highest BCUT2D eigenvalue weighted by Crippen LogP contribution is 2.29. The minimum atomic E-state index is -0.675. The lowest BCUT2D eigenvalue weighted by atomic mass is 9.88. The molecule has 0 aromatic rings. The van der Waals surface area contributed by atoms with Crippen molar-refractivity contribution in [1.29, 1.82) is 0 Å². The van der Waals surface area contributed by atoms with E-state index in [2.05, 4.69) is 0 Å². The maximum absolute atomic E-state index is 10.5. The molecular formula is C18H32O4. The van der Waals surface area contributed by atoms with Crippen LogP contribution < -0.4 is 0 Å². The van der Waals surface area contributed by atoms with Gasteiger partial charge in [0.25, 0.3) is 0 Å². The third-order valence-corrected chi connectivity index (χ3v) is 5.19. The van der Waals surface area contributed by atoms with Gasteiger partial charge in [0.05, 0.1) is 6.10 Å². The molecular weight excluding hydrogens is 280 g/mol. The number of carbonyl (C=O) groups is 1. The fourth-order valence-electron chi connectivity index (χ4n) is 3.76. The second-order valence-corrected chi connectivity index (χ2v) is 6.97. The van der Waals surface area contributed by atoms with Crippen molar-refractivity contribution in [3.05, 3.63) is 0 Å². The Kier molecular flexibility index (Phi) is 8.24. The quantitative estimate of drug-likeness (QED) is 0.585. The first-order valence-electron chi connectivity index (χ1n) is 9.17. The fraction of sp³-hybridized carbons (Fsp3) is 0.944. The molecule has 0 spiro atoms. The van der Waals surface area contributed by atoms with E-state index in [1.165, 1.54) is 38.5 Å². The van der Waals surface area contributed by atoms with Crippen LogP contribution in [0.3, 0.4) is 0 Å². The molecule has 0 unspecified atom stereocenters. The van der Waals surface area contributed by atoms with Gasteiger partial charge < -0.3 is 14.6 Å². The summed E-state index contributed by atoms with van der Waals surface area (Å²) < 4.78 is 11.7. The molecule has 0 bridgehead atoms. The Morgan fingerprint density at radius 2 is 1.68 bits per heavy atom. The van der Waals surface area contributed by atoms with Crippen molar-refractivity contribution >= 4 is 5.97 Å². The minimum absolute atomic E-state index is 0.313. The van der Waals surface area contributed by atoms with Gasteiger partial charge in [0.1, 0.15) is 0 Å². The average Bonchev–Trinajstić information content (AvgIpc) is 3.14. The van der Waals surface area contributed by atoms with Crippen molar-refractivity contribution in [3.63, 3.8) is 0 Å². The molecule has 2 rings (SSSR count). The second-order valence-electron chi connectivity index (χ2n) is 6.97. The lowest BCUT2D eigenvalue weighted by molar-refractivity contribution is -0.137. The molecule has 1 aliphatic carbocycles. The van der Waals surface area contributed by atoms with Crippen LogP contribution in [0.1, 0.15) is 70.6 Å². The number of carboxylic acid groups (broad SMARTS) is 1. The summed E-state index contributed by atoms with van der Waals surface area (Å²) in [7, 11) is 0. The van der Waals surface area contributed by atoms with Gasteiger partial charge in [0, 0.05) is 26.2 Å². The van der Waals surface area contributed by atoms with E-state index < -0.39 is 5.97 Å². The SMILES string of the molecule is O=C(O)CCCCCC[C@H]1COC[C@H]1CCOC1CCCC1. The lowest BCUT2D eigenvalue weighted by Gasteiger charge is -2.19. The van der Waals surface area contributed by atoms with E-state index in [9.17, 15) is 4.79 Å². The summed E-state index contributed by atoms with van der Waals surface area (Å²) in [6.07, 6.45) is 12.6. The van der Waals surface area contributed by atoms with E-state index in [0.717, 1.165) is 45.5 Å². The summed E-state index contributed by atoms with van der Waals surface area (Å²) in [6.45, 7) is 2.70. The van der Waals surface area contributed by atoms with Crippen LogP contribution in [0.5, 0.6) is 0 Å². The second kappa shape index (κ2) is 10.2. The molecule has 1 saturated carbocycles. The maximum atomic E-state index is 10.5. The highest BCUT2D eigenvalue weighted by molar-refractivity contribution is 5.66. The molecule has 0 aromatic carbocycles. The first-order chi connectivity index (χ1) is 10.8. The lowest BCUT2D eigenvalue weighted by Crippen LogP contribution is -2.17. The van der Waals surface area contributed by atoms with Gasteiger partial charge in [-0.2, -0.15) is 0 Å². The molecule has 1 aliphatic heterocycles. The molecule has 4 nitrogen and oxygen atoms in total. The number of carboxylic acids is 1. The summed E-state index contributed by atoms with van der Waals surface area (Å²) in [5, 5.41) is 8.61. The standard InChI is InChI=1S/C18H32O4/c19-18(20)10-4-2-1-3-7-15-13-21-14-16(15)11-12-22-17-8-5-6-9-17/h15-17H,1-14H2,(H,19,20)/t15-,16+/m0/s1. The maximum Gasteiger partial charge on any atom is 0.303 e. The van der Waals surface area contributed by atoms with Gasteiger partial charge in [0.2, 0.25) is 0 Å². The first-order valence-corrected chi connectivity index (χ1v) is 9.17. The Bertz CT molecular complexity index is 312. The Hall–Kier alpha value is -0.610. The summed E-state index contributed by atoms with van der Waals surface area (Å²) >= 11 is 0. The fourth-order valence-corrected chi connectivity index (χ4v) is 3.76. The molecule has 1 saturated heterocycles. The van der Waals surface area contributed by atoms with Gasteiger partial charge in [-0.1, -0.05) is 32.1 Å². The van der Waals surface area contributed by atoms with Crippen LogP contribution >= 0.6 is 0 Å². The van der Waals surface area contributed by atoms with Gasteiger partial charge in [-0.3, -0.25) is 4.79 Å². The smallest absolute Gasteiger partial charge is 0.303 e. The molecule has 4 heteroatoms. The van der Waals surface area contributed by atoms with Gasteiger partial charge in [0.15, 0.2) is 0 Å². The summed E-state index contributed by atoms with van der Waals surface area (Å²) in [5.74, 6) is 0.679. The Morgan fingerprint density at radius 3 is 2.41 bits per heavy atom. The zero-order valence-corrected chi connectivity index (χ0v) is 13.8. The molecule has 128 valence electrons. The number of aliphatic carboxylic acids is 1. The van der Waals surface area contributed by atoms with Crippen molar-refractivity contribution in [2.45, 2.75) is 76.7 Å². The van der Waals surface area contributed by atoms with Crippen molar-refractivity contribution in [3.8, 4) is 0 Å². The van der Waals surface area contributed by atoms with E-state index in [1.54, 1.807) is 0 Å². The normalized spacial score (nSPS) is 25.8. The highest BCUT2D eigenvalue weighted by atomic mass is 16.5. The zero-order valence-electron chi connectivity index (χ0n) is 13.8. The van der Waals surface area contributed by atoms with Crippen LogP contribution in [-0.4, -0.2) is 37.0 Å². The van der Waals surface area contributed by atoms with Crippen LogP contribution in [0.4, 0.5) is 0 Å². The number of hydrogen-bond donors (Lipinski definition) is 1. The monoisotopic (exact) mass is 312 g/mol. The van der Waals surface area contributed by atoms with Crippen LogP contribution in [0.2, 0.25) is 0 Å². The van der Waals surface area contributed by atoms with Gasteiger partial charge in [-0.05, 0) is 43.9 Å². The molecule has 0 radical (unpaired) electrons. The van der Waals surface area contributed by atoms with Crippen LogP contribution in [0, 0.1) is 11.8 Å². The molecule has 0 amide bonds. The summed E-state index contributed by atoms with van der Waals surface area (Å²) in [6, 6.07) is 0.